The first kappa shape index (κ1) is 19.4. The SMILES string of the molecule is COc1cccc(CN2CCCC3(CCN(C4CCSCC4)C3)C2)c1OC. The Morgan fingerprint density at radius 2 is 1.93 bits per heavy atom. The molecule has 0 saturated carbocycles. The minimum absolute atomic E-state index is 0.509. The summed E-state index contributed by atoms with van der Waals surface area (Å²) >= 11 is 2.14. The molecule has 5 heteroatoms. The number of rotatable bonds is 5. The average Bonchev–Trinajstić information content (AvgIpc) is 3.11. The average molecular weight is 391 g/mol. The van der Waals surface area contributed by atoms with E-state index >= 15 is 0 Å². The molecule has 0 aromatic heterocycles. The van der Waals surface area contributed by atoms with Crippen LogP contribution in [0.3, 0.4) is 0 Å². The summed E-state index contributed by atoms with van der Waals surface area (Å²) in [6, 6.07) is 7.09. The Labute approximate surface area is 168 Å². The van der Waals surface area contributed by atoms with Crippen LogP contribution in [-0.2, 0) is 6.54 Å². The van der Waals surface area contributed by atoms with Crippen molar-refractivity contribution in [1.82, 2.24) is 9.80 Å². The Morgan fingerprint density at radius 3 is 2.70 bits per heavy atom. The lowest BCUT2D eigenvalue weighted by Crippen LogP contribution is -2.46. The molecule has 3 saturated heterocycles. The zero-order valence-corrected chi connectivity index (χ0v) is 17.7. The van der Waals surface area contributed by atoms with Gasteiger partial charge in [0.15, 0.2) is 11.5 Å². The summed E-state index contributed by atoms with van der Waals surface area (Å²) in [5.41, 5.74) is 1.75. The molecule has 0 bridgehead atoms. The van der Waals surface area contributed by atoms with Crippen LogP contribution in [0, 0.1) is 5.41 Å². The minimum atomic E-state index is 0.509. The Balaban J connectivity index is 1.42. The van der Waals surface area contributed by atoms with Gasteiger partial charge in [-0.2, -0.15) is 11.8 Å². The predicted octanol–water partition coefficient (Wildman–Crippen LogP) is 3.89. The highest BCUT2D eigenvalue weighted by Gasteiger charge is 2.43. The predicted molar refractivity (Wildman–Crippen MR) is 113 cm³/mol. The van der Waals surface area contributed by atoms with E-state index in [4.69, 9.17) is 9.47 Å². The van der Waals surface area contributed by atoms with E-state index in [1.54, 1.807) is 14.2 Å². The summed E-state index contributed by atoms with van der Waals surface area (Å²) < 4.78 is 11.1. The van der Waals surface area contributed by atoms with Crippen LogP contribution in [0.25, 0.3) is 0 Å². The Bertz CT molecular complexity index is 635. The minimum Gasteiger partial charge on any atom is -0.493 e. The fourth-order valence-electron chi connectivity index (χ4n) is 5.43. The first-order valence-electron chi connectivity index (χ1n) is 10.5. The fraction of sp³-hybridized carbons (Fsp3) is 0.727. The van der Waals surface area contributed by atoms with E-state index in [9.17, 15) is 0 Å². The van der Waals surface area contributed by atoms with E-state index in [1.807, 2.05) is 6.07 Å². The normalized spacial score (nSPS) is 27.9. The van der Waals surface area contributed by atoms with Crippen molar-refractivity contribution in [3.63, 3.8) is 0 Å². The van der Waals surface area contributed by atoms with Crippen LogP contribution >= 0.6 is 11.8 Å². The molecular weight excluding hydrogens is 356 g/mol. The molecule has 3 aliphatic heterocycles. The molecule has 0 radical (unpaired) electrons. The highest BCUT2D eigenvalue weighted by atomic mass is 32.2. The highest BCUT2D eigenvalue weighted by molar-refractivity contribution is 7.99. The maximum Gasteiger partial charge on any atom is 0.165 e. The summed E-state index contributed by atoms with van der Waals surface area (Å²) in [5, 5.41) is 0. The van der Waals surface area contributed by atoms with Gasteiger partial charge in [0, 0.05) is 31.2 Å². The lowest BCUT2D eigenvalue weighted by molar-refractivity contribution is 0.0799. The van der Waals surface area contributed by atoms with Crippen molar-refractivity contribution in [2.75, 3.05) is 51.9 Å². The van der Waals surface area contributed by atoms with Gasteiger partial charge in [-0.3, -0.25) is 9.80 Å². The Morgan fingerprint density at radius 1 is 1.07 bits per heavy atom. The van der Waals surface area contributed by atoms with Gasteiger partial charge in [-0.1, -0.05) is 12.1 Å². The monoisotopic (exact) mass is 390 g/mol. The first-order valence-corrected chi connectivity index (χ1v) is 11.6. The van der Waals surface area contributed by atoms with Crippen molar-refractivity contribution < 1.29 is 9.47 Å². The molecule has 3 heterocycles. The number of likely N-dealkylation sites (tertiary alicyclic amines) is 2. The molecular formula is C22H34N2O2S. The number of hydrogen-bond donors (Lipinski definition) is 0. The van der Waals surface area contributed by atoms with Crippen molar-refractivity contribution in [3.8, 4) is 11.5 Å². The molecule has 1 aromatic carbocycles. The molecule has 1 unspecified atom stereocenters. The third-order valence-corrected chi connectivity index (χ3v) is 7.84. The number of ether oxygens (including phenoxy) is 2. The van der Waals surface area contributed by atoms with Crippen LogP contribution in [0.5, 0.6) is 11.5 Å². The second kappa shape index (κ2) is 8.62. The number of hydrogen-bond acceptors (Lipinski definition) is 5. The fourth-order valence-corrected chi connectivity index (χ4v) is 6.51. The van der Waals surface area contributed by atoms with E-state index in [0.29, 0.717) is 5.41 Å². The molecule has 0 aliphatic carbocycles. The summed E-state index contributed by atoms with van der Waals surface area (Å²) in [6.45, 7) is 6.01. The van der Waals surface area contributed by atoms with Gasteiger partial charge in [0.1, 0.15) is 0 Å². The molecule has 1 aromatic rings. The molecule has 3 aliphatic rings. The quantitative estimate of drug-likeness (QED) is 0.760. The van der Waals surface area contributed by atoms with Crippen molar-refractivity contribution in [1.29, 1.82) is 0 Å². The largest absolute Gasteiger partial charge is 0.493 e. The van der Waals surface area contributed by atoms with E-state index in [-0.39, 0.29) is 0 Å². The van der Waals surface area contributed by atoms with Gasteiger partial charge in [0.2, 0.25) is 0 Å². The second-order valence-electron chi connectivity index (χ2n) is 8.53. The third kappa shape index (κ3) is 4.25. The van der Waals surface area contributed by atoms with Crippen molar-refractivity contribution in [3.05, 3.63) is 23.8 Å². The van der Waals surface area contributed by atoms with E-state index in [0.717, 1.165) is 24.1 Å². The Kier molecular flexibility index (Phi) is 6.20. The molecule has 150 valence electrons. The van der Waals surface area contributed by atoms with Crippen molar-refractivity contribution >= 4 is 11.8 Å². The standard InChI is InChI=1S/C22H34N2O2S/c1-25-20-6-3-5-18(21(20)26-2)15-23-11-4-9-22(16-23)10-12-24(17-22)19-7-13-27-14-8-19/h3,5-6,19H,4,7-17H2,1-2H3. The molecule has 1 atom stereocenters. The summed E-state index contributed by atoms with van der Waals surface area (Å²) in [5.74, 6) is 4.45. The zero-order chi connectivity index (χ0) is 18.7. The van der Waals surface area contributed by atoms with Crippen LogP contribution in [0.2, 0.25) is 0 Å². The van der Waals surface area contributed by atoms with Crippen molar-refractivity contribution in [2.45, 2.75) is 44.7 Å². The summed E-state index contributed by atoms with van der Waals surface area (Å²) in [7, 11) is 3.46. The van der Waals surface area contributed by atoms with Gasteiger partial charge < -0.3 is 9.47 Å². The maximum atomic E-state index is 5.66. The number of piperidine rings is 1. The summed E-state index contributed by atoms with van der Waals surface area (Å²) in [4.78, 5) is 5.48. The highest BCUT2D eigenvalue weighted by Crippen LogP contribution is 2.42. The number of nitrogens with zero attached hydrogens (tertiary/aromatic N) is 2. The lowest BCUT2D eigenvalue weighted by Gasteiger charge is -2.41. The van der Waals surface area contributed by atoms with Gasteiger partial charge in [0.05, 0.1) is 14.2 Å². The topological polar surface area (TPSA) is 24.9 Å². The van der Waals surface area contributed by atoms with Crippen LogP contribution < -0.4 is 9.47 Å². The molecule has 4 rings (SSSR count). The van der Waals surface area contributed by atoms with Crippen LogP contribution in [0.4, 0.5) is 0 Å². The molecule has 3 fully saturated rings. The van der Waals surface area contributed by atoms with Crippen LogP contribution in [0.1, 0.15) is 37.7 Å². The van der Waals surface area contributed by atoms with Gasteiger partial charge >= 0.3 is 0 Å². The number of thioether (sulfide) groups is 1. The second-order valence-corrected chi connectivity index (χ2v) is 9.76. The third-order valence-electron chi connectivity index (χ3n) is 6.79. The summed E-state index contributed by atoms with van der Waals surface area (Å²) in [6.07, 6.45) is 6.89. The molecule has 1 spiro atoms. The first-order chi connectivity index (χ1) is 13.2. The van der Waals surface area contributed by atoms with E-state index < -0.39 is 0 Å². The van der Waals surface area contributed by atoms with Crippen molar-refractivity contribution in [2.24, 2.45) is 5.41 Å². The number of benzene rings is 1. The van der Waals surface area contributed by atoms with Gasteiger partial charge in [0.25, 0.3) is 0 Å². The number of para-hydroxylation sites is 1. The van der Waals surface area contributed by atoms with Gasteiger partial charge in [-0.25, -0.2) is 0 Å². The Hall–Kier alpha value is -0.910. The molecule has 0 amide bonds. The van der Waals surface area contributed by atoms with Gasteiger partial charge in [-0.15, -0.1) is 0 Å². The molecule has 27 heavy (non-hydrogen) atoms. The molecule has 0 N–H and O–H groups in total. The van der Waals surface area contributed by atoms with E-state index in [2.05, 4.69) is 33.7 Å². The van der Waals surface area contributed by atoms with Crippen LogP contribution in [0.15, 0.2) is 18.2 Å². The number of methoxy groups -OCH3 is 2. The lowest BCUT2D eigenvalue weighted by atomic mass is 9.79. The maximum absolute atomic E-state index is 5.66. The zero-order valence-electron chi connectivity index (χ0n) is 16.9. The smallest absolute Gasteiger partial charge is 0.165 e. The van der Waals surface area contributed by atoms with Crippen LogP contribution in [-0.4, -0.2) is 67.7 Å². The van der Waals surface area contributed by atoms with Gasteiger partial charge in [-0.05, 0) is 68.2 Å². The molecule has 4 nitrogen and oxygen atoms in total. The van der Waals surface area contributed by atoms with E-state index in [1.165, 1.54) is 75.4 Å².